The first-order valence-corrected chi connectivity index (χ1v) is 6.17. The Kier molecular flexibility index (Phi) is 3.42. The van der Waals surface area contributed by atoms with Crippen LogP contribution in [-0.4, -0.2) is 40.1 Å². The second kappa shape index (κ2) is 4.87. The van der Waals surface area contributed by atoms with E-state index < -0.39 is 11.9 Å². The Labute approximate surface area is 111 Å². The van der Waals surface area contributed by atoms with Gasteiger partial charge in [-0.25, -0.2) is 9.97 Å². The molecule has 0 aromatic carbocycles. The molecule has 2 aromatic rings. The maximum absolute atomic E-state index is 11.0. The van der Waals surface area contributed by atoms with Gasteiger partial charge < -0.3 is 15.0 Å². The number of anilines is 1. The Morgan fingerprint density at radius 3 is 2.58 bits per heavy atom. The van der Waals surface area contributed by atoms with E-state index in [-0.39, 0.29) is 5.92 Å². The zero-order valence-corrected chi connectivity index (χ0v) is 11.5. The maximum atomic E-state index is 11.0. The molecule has 2 unspecified atom stereocenters. The number of aliphatic carboxylic acids is 1. The summed E-state index contributed by atoms with van der Waals surface area (Å²) in [6.07, 6.45) is 0. The summed E-state index contributed by atoms with van der Waals surface area (Å²) >= 11 is 0. The number of imidazole rings is 1. The standard InChI is InChI=1S/C13H18N4O2/c1-7(8(2)13(18)19)11-14-9-5-6-10(17(3)4)15-12(9)16-11/h5-8H,1-4H3,(H,18,19)(H,14,15,16). The van der Waals surface area contributed by atoms with E-state index in [9.17, 15) is 4.79 Å². The van der Waals surface area contributed by atoms with Crippen molar-refractivity contribution in [1.82, 2.24) is 15.0 Å². The molecule has 2 rings (SSSR count). The SMILES string of the molecule is CC(C(=O)O)C(C)c1nc2nc(N(C)C)ccc2[nH]1. The Morgan fingerprint density at radius 1 is 1.32 bits per heavy atom. The molecule has 2 aromatic heterocycles. The molecule has 6 heteroatoms. The number of nitrogens with one attached hydrogen (secondary N) is 1. The lowest BCUT2D eigenvalue weighted by Crippen LogP contribution is -2.17. The quantitative estimate of drug-likeness (QED) is 0.878. The molecule has 0 aliphatic carbocycles. The number of carboxylic acid groups (broad SMARTS) is 1. The smallest absolute Gasteiger partial charge is 0.306 e. The molecule has 6 nitrogen and oxygen atoms in total. The number of hydrogen-bond acceptors (Lipinski definition) is 4. The number of aromatic amines is 1. The predicted molar refractivity (Wildman–Crippen MR) is 73.4 cm³/mol. The van der Waals surface area contributed by atoms with Gasteiger partial charge in [0.25, 0.3) is 0 Å². The summed E-state index contributed by atoms with van der Waals surface area (Å²) in [5, 5.41) is 9.04. The number of H-pyrrole nitrogens is 1. The molecule has 0 bridgehead atoms. The van der Waals surface area contributed by atoms with Crippen LogP contribution in [0.5, 0.6) is 0 Å². The summed E-state index contributed by atoms with van der Waals surface area (Å²) in [5.41, 5.74) is 1.44. The lowest BCUT2D eigenvalue weighted by atomic mass is 9.96. The number of fused-ring (bicyclic) bond motifs is 1. The van der Waals surface area contributed by atoms with Gasteiger partial charge in [-0.1, -0.05) is 13.8 Å². The number of rotatable bonds is 4. The van der Waals surface area contributed by atoms with E-state index in [0.29, 0.717) is 11.5 Å². The van der Waals surface area contributed by atoms with E-state index >= 15 is 0 Å². The highest BCUT2D eigenvalue weighted by Gasteiger charge is 2.23. The topological polar surface area (TPSA) is 82.1 Å². The third-order valence-corrected chi connectivity index (χ3v) is 3.38. The molecular formula is C13H18N4O2. The highest BCUT2D eigenvalue weighted by Crippen LogP contribution is 2.24. The Morgan fingerprint density at radius 2 is 2.00 bits per heavy atom. The zero-order valence-electron chi connectivity index (χ0n) is 11.5. The number of aromatic nitrogens is 3. The lowest BCUT2D eigenvalue weighted by molar-refractivity contribution is -0.141. The van der Waals surface area contributed by atoms with Crippen molar-refractivity contribution in [3.63, 3.8) is 0 Å². The van der Waals surface area contributed by atoms with Crippen molar-refractivity contribution in [3.05, 3.63) is 18.0 Å². The van der Waals surface area contributed by atoms with Crippen LogP contribution in [0.15, 0.2) is 12.1 Å². The van der Waals surface area contributed by atoms with Crippen LogP contribution in [-0.2, 0) is 4.79 Å². The second-order valence-electron chi connectivity index (χ2n) is 4.97. The number of nitrogens with zero attached hydrogens (tertiary/aromatic N) is 3. The Hall–Kier alpha value is -2.11. The third-order valence-electron chi connectivity index (χ3n) is 3.38. The van der Waals surface area contributed by atoms with Gasteiger partial charge in [-0.3, -0.25) is 4.79 Å². The highest BCUT2D eigenvalue weighted by atomic mass is 16.4. The minimum absolute atomic E-state index is 0.186. The lowest BCUT2D eigenvalue weighted by Gasteiger charge is -2.12. The molecule has 0 aliphatic rings. The molecule has 19 heavy (non-hydrogen) atoms. The zero-order chi connectivity index (χ0) is 14.2. The van der Waals surface area contributed by atoms with Gasteiger partial charge in [0.2, 0.25) is 0 Å². The molecule has 0 fully saturated rings. The van der Waals surface area contributed by atoms with Crippen LogP contribution in [0.25, 0.3) is 11.2 Å². The molecule has 0 saturated carbocycles. The fraction of sp³-hybridized carbons (Fsp3) is 0.462. The molecule has 2 N–H and O–H groups in total. The molecule has 0 amide bonds. The van der Waals surface area contributed by atoms with Crippen molar-refractivity contribution in [2.45, 2.75) is 19.8 Å². The molecule has 0 saturated heterocycles. The van der Waals surface area contributed by atoms with Crippen molar-refractivity contribution < 1.29 is 9.90 Å². The summed E-state index contributed by atoms with van der Waals surface area (Å²) in [4.78, 5) is 24.9. The number of carboxylic acids is 1. The summed E-state index contributed by atoms with van der Waals surface area (Å²) in [6.45, 7) is 3.53. The van der Waals surface area contributed by atoms with Crippen LogP contribution in [0, 0.1) is 5.92 Å². The normalized spacial score (nSPS) is 14.3. The first-order valence-electron chi connectivity index (χ1n) is 6.17. The van der Waals surface area contributed by atoms with Gasteiger partial charge in [0.15, 0.2) is 5.65 Å². The van der Waals surface area contributed by atoms with Crippen molar-refractivity contribution in [1.29, 1.82) is 0 Å². The van der Waals surface area contributed by atoms with E-state index in [1.54, 1.807) is 6.92 Å². The van der Waals surface area contributed by atoms with Gasteiger partial charge in [0.05, 0.1) is 11.4 Å². The second-order valence-corrected chi connectivity index (χ2v) is 4.97. The summed E-state index contributed by atoms with van der Waals surface area (Å²) in [6, 6.07) is 3.81. The number of pyridine rings is 1. The third kappa shape index (κ3) is 2.52. The van der Waals surface area contributed by atoms with E-state index in [1.807, 2.05) is 38.1 Å². The fourth-order valence-electron chi connectivity index (χ4n) is 1.82. The first-order chi connectivity index (χ1) is 8.90. The minimum atomic E-state index is -0.824. The molecule has 102 valence electrons. The Balaban J connectivity index is 2.38. The van der Waals surface area contributed by atoms with Crippen molar-refractivity contribution in [2.24, 2.45) is 5.92 Å². The van der Waals surface area contributed by atoms with Gasteiger partial charge in [0.1, 0.15) is 11.6 Å². The van der Waals surface area contributed by atoms with Gasteiger partial charge in [0, 0.05) is 20.0 Å². The number of carbonyl (C=O) groups is 1. The van der Waals surface area contributed by atoms with Crippen LogP contribution < -0.4 is 4.90 Å². The first kappa shape index (κ1) is 13.3. The summed E-state index contributed by atoms with van der Waals surface area (Å²) in [5.74, 6) is -0.0175. The van der Waals surface area contributed by atoms with Crippen LogP contribution in [0.3, 0.4) is 0 Å². The van der Waals surface area contributed by atoms with Gasteiger partial charge >= 0.3 is 5.97 Å². The van der Waals surface area contributed by atoms with Crippen LogP contribution in [0.4, 0.5) is 5.82 Å². The molecule has 2 atom stereocenters. The van der Waals surface area contributed by atoms with Crippen LogP contribution >= 0.6 is 0 Å². The predicted octanol–water partition coefficient (Wildman–Crippen LogP) is 1.85. The van der Waals surface area contributed by atoms with Crippen LogP contribution in [0.2, 0.25) is 0 Å². The largest absolute Gasteiger partial charge is 0.481 e. The minimum Gasteiger partial charge on any atom is -0.481 e. The highest BCUT2D eigenvalue weighted by molar-refractivity contribution is 5.74. The van der Waals surface area contributed by atoms with Gasteiger partial charge in [-0.05, 0) is 12.1 Å². The van der Waals surface area contributed by atoms with E-state index in [0.717, 1.165) is 11.3 Å². The van der Waals surface area contributed by atoms with Crippen LogP contribution in [0.1, 0.15) is 25.6 Å². The summed E-state index contributed by atoms with van der Waals surface area (Å²) < 4.78 is 0. The van der Waals surface area contributed by atoms with Crippen molar-refractivity contribution in [3.8, 4) is 0 Å². The molecule has 2 heterocycles. The average molecular weight is 262 g/mol. The molecule has 0 spiro atoms. The average Bonchev–Trinajstić information content (AvgIpc) is 2.79. The fourth-order valence-corrected chi connectivity index (χ4v) is 1.82. The van der Waals surface area contributed by atoms with E-state index in [4.69, 9.17) is 5.11 Å². The van der Waals surface area contributed by atoms with Gasteiger partial charge in [-0.15, -0.1) is 0 Å². The van der Waals surface area contributed by atoms with Crippen molar-refractivity contribution >= 4 is 23.0 Å². The summed E-state index contributed by atoms with van der Waals surface area (Å²) in [7, 11) is 3.83. The van der Waals surface area contributed by atoms with Gasteiger partial charge in [-0.2, -0.15) is 0 Å². The molecular weight excluding hydrogens is 244 g/mol. The van der Waals surface area contributed by atoms with E-state index in [1.165, 1.54) is 0 Å². The Bertz CT molecular complexity index is 606. The monoisotopic (exact) mass is 262 g/mol. The molecule has 0 radical (unpaired) electrons. The van der Waals surface area contributed by atoms with Crippen molar-refractivity contribution in [2.75, 3.05) is 19.0 Å². The molecule has 0 aliphatic heterocycles. The van der Waals surface area contributed by atoms with E-state index in [2.05, 4.69) is 15.0 Å². The maximum Gasteiger partial charge on any atom is 0.306 e. The number of hydrogen-bond donors (Lipinski definition) is 2.